The van der Waals surface area contributed by atoms with E-state index in [9.17, 15) is 0 Å². The Kier molecular flexibility index (Phi) is 15.9. The first-order valence-corrected chi connectivity index (χ1v) is 13.0. The molecule has 0 amide bonds. The maximum Gasteiger partial charge on any atom is 0.0575 e. The topological polar surface area (TPSA) is 9.23 Å². The molecule has 1 aliphatic rings. The minimum atomic E-state index is 0.591. The standard InChI is InChI=1S/C15H24S.C11H22O/c1-3-5-6-7-8-13-16-15-11-9-14(4-2)10-12-15;1-3-4-9-12-11-7-5-10(2)6-8-11/h9-12H,3-8,13H2,1-2H3;10-11H,3-9H2,1-2H3. The Labute approximate surface area is 180 Å². The molecule has 0 unspecified atom stereocenters. The normalized spacial score (nSPS) is 19.1. The number of rotatable bonds is 12. The van der Waals surface area contributed by atoms with Gasteiger partial charge in [-0.3, -0.25) is 0 Å². The van der Waals surface area contributed by atoms with Crippen LogP contribution in [0.3, 0.4) is 0 Å². The van der Waals surface area contributed by atoms with E-state index in [1.165, 1.54) is 86.8 Å². The van der Waals surface area contributed by atoms with Gasteiger partial charge in [0.05, 0.1) is 6.10 Å². The van der Waals surface area contributed by atoms with E-state index in [0.29, 0.717) is 6.10 Å². The van der Waals surface area contributed by atoms with Crippen LogP contribution in [0, 0.1) is 5.92 Å². The summed E-state index contributed by atoms with van der Waals surface area (Å²) in [5.74, 6) is 2.21. The van der Waals surface area contributed by atoms with E-state index in [0.717, 1.165) is 18.9 Å². The van der Waals surface area contributed by atoms with E-state index in [1.54, 1.807) is 0 Å². The second-order valence-corrected chi connectivity index (χ2v) is 9.53. The molecule has 2 heteroatoms. The van der Waals surface area contributed by atoms with Crippen molar-refractivity contribution in [3.05, 3.63) is 29.8 Å². The van der Waals surface area contributed by atoms with Crippen molar-refractivity contribution in [3.63, 3.8) is 0 Å². The zero-order valence-corrected chi connectivity index (χ0v) is 20.0. The van der Waals surface area contributed by atoms with Gasteiger partial charge in [0.15, 0.2) is 0 Å². The zero-order valence-electron chi connectivity index (χ0n) is 19.2. The summed E-state index contributed by atoms with van der Waals surface area (Å²) in [4.78, 5) is 1.42. The second kappa shape index (κ2) is 17.4. The lowest BCUT2D eigenvalue weighted by atomic mass is 9.89. The molecule has 0 aromatic heterocycles. The molecule has 162 valence electrons. The van der Waals surface area contributed by atoms with Gasteiger partial charge in [0.1, 0.15) is 0 Å². The van der Waals surface area contributed by atoms with E-state index >= 15 is 0 Å². The SMILES string of the molecule is CCCCCCCSc1ccc(CC)cc1.CCCCOC1CCC(C)CC1. The van der Waals surface area contributed by atoms with E-state index < -0.39 is 0 Å². The van der Waals surface area contributed by atoms with Gasteiger partial charge in [0.25, 0.3) is 0 Å². The molecule has 0 saturated heterocycles. The Bertz CT molecular complexity index is 448. The molecule has 1 saturated carbocycles. The maximum absolute atomic E-state index is 5.77. The van der Waals surface area contributed by atoms with Crippen molar-refractivity contribution in [2.24, 2.45) is 5.92 Å². The smallest absolute Gasteiger partial charge is 0.0575 e. The summed E-state index contributed by atoms with van der Waals surface area (Å²) in [6, 6.07) is 9.02. The third-order valence-corrected chi connectivity index (χ3v) is 6.76. The largest absolute Gasteiger partial charge is 0.378 e. The summed E-state index contributed by atoms with van der Waals surface area (Å²) in [7, 11) is 0. The molecule has 0 aliphatic heterocycles. The van der Waals surface area contributed by atoms with Crippen LogP contribution < -0.4 is 0 Å². The third-order valence-electron chi connectivity index (χ3n) is 5.66. The van der Waals surface area contributed by atoms with E-state index in [2.05, 4.69) is 52.0 Å². The number of hydrogen-bond donors (Lipinski definition) is 0. The average molecular weight is 407 g/mol. The Hall–Kier alpha value is -0.470. The summed E-state index contributed by atoms with van der Waals surface area (Å²) in [6.45, 7) is 10.0. The van der Waals surface area contributed by atoms with Crippen LogP contribution >= 0.6 is 11.8 Å². The van der Waals surface area contributed by atoms with Crippen LogP contribution in [-0.2, 0) is 11.2 Å². The van der Waals surface area contributed by atoms with Crippen LogP contribution in [0.5, 0.6) is 0 Å². The third kappa shape index (κ3) is 12.9. The number of thioether (sulfide) groups is 1. The van der Waals surface area contributed by atoms with Gasteiger partial charge < -0.3 is 4.74 Å². The van der Waals surface area contributed by atoms with Crippen molar-refractivity contribution in [1.82, 2.24) is 0 Å². The fourth-order valence-corrected chi connectivity index (χ4v) is 4.42. The molecule has 1 nitrogen and oxygen atoms in total. The van der Waals surface area contributed by atoms with Gasteiger partial charge in [0, 0.05) is 11.5 Å². The Morgan fingerprint density at radius 3 is 2.07 bits per heavy atom. The van der Waals surface area contributed by atoms with Crippen LogP contribution in [0.15, 0.2) is 29.2 Å². The van der Waals surface area contributed by atoms with Gasteiger partial charge in [-0.15, -0.1) is 11.8 Å². The van der Waals surface area contributed by atoms with Gasteiger partial charge in [-0.1, -0.05) is 71.9 Å². The molecule has 1 aliphatic carbocycles. The van der Waals surface area contributed by atoms with Crippen molar-refractivity contribution in [2.45, 2.75) is 116 Å². The number of aryl methyl sites for hydroxylation is 1. The summed E-state index contributed by atoms with van der Waals surface area (Å²) in [5, 5.41) is 0. The molecule has 0 heterocycles. The summed E-state index contributed by atoms with van der Waals surface area (Å²) in [6.07, 6.45) is 16.5. The van der Waals surface area contributed by atoms with E-state index in [-0.39, 0.29) is 0 Å². The van der Waals surface area contributed by atoms with Crippen molar-refractivity contribution in [1.29, 1.82) is 0 Å². The highest BCUT2D eigenvalue weighted by atomic mass is 32.2. The lowest BCUT2D eigenvalue weighted by Crippen LogP contribution is -2.20. The number of ether oxygens (including phenoxy) is 1. The molecule has 1 aromatic rings. The molecule has 0 bridgehead atoms. The lowest BCUT2D eigenvalue weighted by molar-refractivity contribution is 0.0185. The van der Waals surface area contributed by atoms with Crippen molar-refractivity contribution in [2.75, 3.05) is 12.4 Å². The number of unbranched alkanes of at least 4 members (excludes halogenated alkanes) is 5. The molecule has 0 spiro atoms. The molecule has 0 N–H and O–H groups in total. The molecule has 28 heavy (non-hydrogen) atoms. The molecule has 1 aromatic carbocycles. The van der Waals surface area contributed by atoms with Gasteiger partial charge in [-0.2, -0.15) is 0 Å². The van der Waals surface area contributed by atoms with Crippen LogP contribution in [-0.4, -0.2) is 18.5 Å². The fourth-order valence-electron chi connectivity index (χ4n) is 3.51. The predicted octanol–water partition coefficient (Wildman–Crippen LogP) is 8.69. The Balaban J connectivity index is 0.000000292. The minimum Gasteiger partial charge on any atom is -0.378 e. The quantitative estimate of drug-likeness (QED) is 0.253. The monoisotopic (exact) mass is 406 g/mol. The molecule has 0 radical (unpaired) electrons. The fraction of sp³-hybridized carbons (Fsp3) is 0.769. The summed E-state index contributed by atoms with van der Waals surface area (Å²) < 4.78 is 5.77. The molecular formula is C26H46OS. The first-order valence-electron chi connectivity index (χ1n) is 12.0. The van der Waals surface area contributed by atoms with Crippen molar-refractivity contribution < 1.29 is 4.74 Å². The molecule has 2 rings (SSSR count). The maximum atomic E-state index is 5.77. The van der Waals surface area contributed by atoms with E-state index in [4.69, 9.17) is 4.74 Å². The zero-order chi connectivity index (χ0) is 20.5. The summed E-state index contributed by atoms with van der Waals surface area (Å²) in [5.41, 5.74) is 1.44. The Morgan fingerprint density at radius 1 is 0.821 bits per heavy atom. The lowest BCUT2D eigenvalue weighted by Gasteiger charge is -2.26. The minimum absolute atomic E-state index is 0.591. The van der Waals surface area contributed by atoms with E-state index in [1.807, 2.05) is 11.8 Å². The van der Waals surface area contributed by atoms with Crippen molar-refractivity contribution >= 4 is 11.8 Å². The predicted molar refractivity (Wildman–Crippen MR) is 128 cm³/mol. The first-order chi connectivity index (χ1) is 13.7. The highest BCUT2D eigenvalue weighted by Gasteiger charge is 2.17. The highest BCUT2D eigenvalue weighted by molar-refractivity contribution is 7.99. The van der Waals surface area contributed by atoms with Crippen LogP contribution in [0.1, 0.15) is 104 Å². The van der Waals surface area contributed by atoms with Gasteiger partial charge in [0.2, 0.25) is 0 Å². The highest BCUT2D eigenvalue weighted by Crippen LogP contribution is 2.25. The number of hydrogen-bond acceptors (Lipinski definition) is 2. The van der Waals surface area contributed by atoms with Crippen molar-refractivity contribution in [3.8, 4) is 0 Å². The molecular weight excluding hydrogens is 360 g/mol. The average Bonchev–Trinajstić information content (AvgIpc) is 2.73. The van der Waals surface area contributed by atoms with Crippen LogP contribution in [0.25, 0.3) is 0 Å². The van der Waals surface area contributed by atoms with Crippen LogP contribution in [0.2, 0.25) is 0 Å². The van der Waals surface area contributed by atoms with Crippen LogP contribution in [0.4, 0.5) is 0 Å². The second-order valence-electron chi connectivity index (χ2n) is 8.37. The van der Waals surface area contributed by atoms with Gasteiger partial charge >= 0.3 is 0 Å². The number of benzene rings is 1. The Morgan fingerprint density at radius 2 is 1.46 bits per heavy atom. The first kappa shape index (κ1) is 25.6. The van der Waals surface area contributed by atoms with Gasteiger partial charge in [-0.05, 0) is 74.3 Å². The molecule has 1 fully saturated rings. The van der Waals surface area contributed by atoms with Gasteiger partial charge in [-0.25, -0.2) is 0 Å². The summed E-state index contributed by atoms with van der Waals surface area (Å²) >= 11 is 2.00. The molecule has 0 atom stereocenters.